The van der Waals surface area contributed by atoms with Crippen molar-refractivity contribution in [2.45, 2.75) is 67.9 Å². The third-order valence-corrected chi connectivity index (χ3v) is 9.03. The van der Waals surface area contributed by atoms with Crippen molar-refractivity contribution < 1.29 is 18.0 Å². The number of hydrogen-bond donors (Lipinski definition) is 1. The Morgan fingerprint density at radius 2 is 1.85 bits per heavy atom. The molecule has 0 saturated heterocycles. The Labute approximate surface area is 206 Å². The number of carbonyl (C=O) groups is 2. The first-order valence-corrected chi connectivity index (χ1v) is 13.2. The summed E-state index contributed by atoms with van der Waals surface area (Å²) in [5.41, 5.74) is 2.98. The van der Waals surface area contributed by atoms with Crippen molar-refractivity contribution in [3.8, 4) is 0 Å². The van der Waals surface area contributed by atoms with Crippen LogP contribution in [0.15, 0.2) is 47.5 Å². The van der Waals surface area contributed by atoms with E-state index in [4.69, 9.17) is 0 Å². The number of rotatable bonds is 7. The molecule has 2 aromatic rings. The lowest BCUT2D eigenvalue weighted by Crippen LogP contribution is -2.16. The number of pyridine rings is 1. The van der Waals surface area contributed by atoms with E-state index in [2.05, 4.69) is 10.3 Å². The van der Waals surface area contributed by atoms with Gasteiger partial charge in [-0.3, -0.25) is 9.59 Å². The molecular formula is C26H29ClN2O4S. The quantitative estimate of drug-likeness (QED) is 0.539. The summed E-state index contributed by atoms with van der Waals surface area (Å²) in [4.78, 5) is 29.9. The van der Waals surface area contributed by atoms with Gasteiger partial charge >= 0.3 is 0 Å². The molecule has 8 heteroatoms. The van der Waals surface area contributed by atoms with Gasteiger partial charge < -0.3 is 5.32 Å². The van der Waals surface area contributed by atoms with E-state index < -0.39 is 9.84 Å². The number of carbonyl (C=O) groups excluding carboxylic acids is 2. The number of aromatic nitrogens is 1. The van der Waals surface area contributed by atoms with Crippen molar-refractivity contribution in [3.63, 3.8) is 0 Å². The molecule has 1 aromatic carbocycles. The average molecular weight is 501 g/mol. The van der Waals surface area contributed by atoms with Gasteiger partial charge in [-0.1, -0.05) is 18.2 Å². The molecule has 3 fully saturated rings. The van der Waals surface area contributed by atoms with Gasteiger partial charge in [0, 0.05) is 24.6 Å². The molecule has 0 radical (unpaired) electrons. The molecule has 3 aliphatic rings. The number of nitrogens with zero attached hydrogens (tertiary/aromatic N) is 1. The first-order valence-electron chi connectivity index (χ1n) is 11.7. The second kappa shape index (κ2) is 9.62. The number of benzene rings is 1. The number of amides is 1. The lowest BCUT2D eigenvalue weighted by atomic mass is 9.95. The number of halogens is 1. The molecule has 5 rings (SSSR count). The summed E-state index contributed by atoms with van der Waals surface area (Å²) in [5.74, 6) is 0.591. The highest BCUT2D eigenvalue weighted by molar-refractivity contribution is 7.92. The van der Waals surface area contributed by atoms with E-state index in [1.165, 1.54) is 0 Å². The Bertz CT molecular complexity index is 1250. The first kappa shape index (κ1) is 24.6. The van der Waals surface area contributed by atoms with Crippen LogP contribution in [-0.2, 0) is 19.4 Å². The number of nitrogens with one attached hydrogen (secondary N) is 1. The number of Topliss-reactive ketones (excluding diaryl/α,β-unsaturated/α-hetero) is 1. The van der Waals surface area contributed by atoms with Gasteiger partial charge in [0.15, 0.2) is 9.84 Å². The average Bonchev–Trinajstić information content (AvgIpc) is 3.70. The van der Waals surface area contributed by atoms with Gasteiger partial charge in [0.2, 0.25) is 0 Å². The fourth-order valence-corrected chi connectivity index (χ4v) is 6.42. The van der Waals surface area contributed by atoms with Gasteiger partial charge in [-0.15, -0.1) is 12.4 Å². The molecule has 1 N–H and O–H groups in total. The van der Waals surface area contributed by atoms with E-state index >= 15 is 0 Å². The largest absolute Gasteiger partial charge is 0.307 e. The van der Waals surface area contributed by atoms with Crippen molar-refractivity contribution in [2.75, 3.05) is 5.32 Å². The summed E-state index contributed by atoms with van der Waals surface area (Å²) in [5, 5.41) is 2.60. The predicted molar refractivity (Wildman–Crippen MR) is 134 cm³/mol. The Morgan fingerprint density at radius 3 is 2.44 bits per heavy atom. The van der Waals surface area contributed by atoms with Crippen LogP contribution in [0.25, 0.3) is 5.57 Å². The molecule has 0 aliphatic heterocycles. The van der Waals surface area contributed by atoms with E-state index in [0.29, 0.717) is 34.7 Å². The van der Waals surface area contributed by atoms with Crippen LogP contribution in [0.2, 0.25) is 0 Å². The summed E-state index contributed by atoms with van der Waals surface area (Å²) in [7, 11) is -3.32. The summed E-state index contributed by atoms with van der Waals surface area (Å²) in [6, 6.07) is 8.94. The van der Waals surface area contributed by atoms with E-state index in [0.717, 1.165) is 43.2 Å². The van der Waals surface area contributed by atoms with Crippen LogP contribution >= 0.6 is 12.4 Å². The van der Waals surface area contributed by atoms with Crippen LogP contribution in [0, 0.1) is 12.8 Å². The Kier molecular flexibility index (Phi) is 6.97. The smallest absolute Gasteiger partial charge is 0.257 e. The van der Waals surface area contributed by atoms with Crippen molar-refractivity contribution in [3.05, 3.63) is 59.3 Å². The third kappa shape index (κ3) is 5.26. The molecule has 6 nitrogen and oxygen atoms in total. The van der Waals surface area contributed by atoms with E-state index in [-0.39, 0.29) is 41.2 Å². The molecular weight excluding hydrogens is 472 g/mol. The van der Waals surface area contributed by atoms with Crippen LogP contribution in [-0.4, -0.2) is 30.3 Å². The van der Waals surface area contributed by atoms with Crippen molar-refractivity contribution >= 4 is 45.3 Å². The van der Waals surface area contributed by atoms with Gasteiger partial charge in [0.1, 0.15) is 11.6 Å². The first-order chi connectivity index (χ1) is 15.8. The maximum absolute atomic E-state index is 13.3. The van der Waals surface area contributed by atoms with Crippen LogP contribution in [0.4, 0.5) is 5.82 Å². The zero-order valence-corrected chi connectivity index (χ0v) is 20.8. The minimum Gasteiger partial charge on any atom is -0.307 e. The van der Waals surface area contributed by atoms with Crippen LogP contribution in [0.3, 0.4) is 0 Å². The summed E-state index contributed by atoms with van der Waals surface area (Å²) in [6.45, 7) is 1.93. The summed E-state index contributed by atoms with van der Waals surface area (Å²) < 4.78 is 26.0. The second-order valence-corrected chi connectivity index (χ2v) is 11.8. The predicted octanol–water partition coefficient (Wildman–Crippen LogP) is 5.02. The fourth-order valence-electron chi connectivity index (χ4n) is 4.50. The Hall–Kier alpha value is -2.51. The molecule has 34 heavy (non-hydrogen) atoms. The highest BCUT2D eigenvalue weighted by Crippen LogP contribution is 2.46. The molecule has 1 atom stereocenters. The third-order valence-electron chi connectivity index (χ3n) is 6.69. The Balaban J connectivity index is 0.00000274. The van der Waals surface area contributed by atoms with E-state index in [1.807, 2.05) is 25.1 Å². The fraction of sp³-hybridized carbons (Fsp3) is 0.423. The molecule has 1 amide bonds. The van der Waals surface area contributed by atoms with E-state index in [9.17, 15) is 18.0 Å². The minimum atomic E-state index is -3.32. The zero-order valence-electron chi connectivity index (χ0n) is 19.1. The van der Waals surface area contributed by atoms with Crippen molar-refractivity contribution in [2.24, 2.45) is 5.92 Å². The number of aryl methyl sites for hydroxylation is 1. The van der Waals surface area contributed by atoms with Crippen LogP contribution in [0.1, 0.15) is 67.6 Å². The maximum atomic E-state index is 13.3. The lowest BCUT2D eigenvalue weighted by Gasteiger charge is -2.15. The zero-order chi connectivity index (χ0) is 23.2. The number of allylic oxidation sites excluding steroid dienone is 1. The number of ketones is 1. The minimum absolute atomic E-state index is 0. The molecule has 1 heterocycles. The highest BCUT2D eigenvalue weighted by atomic mass is 35.5. The van der Waals surface area contributed by atoms with Crippen LogP contribution in [0.5, 0.6) is 0 Å². The molecule has 3 saturated carbocycles. The molecule has 3 aliphatic carbocycles. The summed E-state index contributed by atoms with van der Waals surface area (Å²) >= 11 is 0. The molecule has 0 bridgehead atoms. The van der Waals surface area contributed by atoms with Gasteiger partial charge in [-0.05, 0) is 85.8 Å². The second-order valence-electron chi connectivity index (χ2n) is 9.57. The van der Waals surface area contributed by atoms with E-state index in [1.54, 1.807) is 24.4 Å². The highest BCUT2D eigenvalue weighted by Gasteiger charge is 2.40. The number of hydrogen-bond acceptors (Lipinski definition) is 5. The SMILES string of the molecule is Cc1ccc(NC(=O)/C(=C/[C@H]2CCC(=O)C2)c2ccc(S(=O)(=O)C3CC3)c(C3CC3)c2)nc1.Cl. The van der Waals surface area contributed by atoms with Gasteiger partial charge in [-0.2, -0.15) is 0 Å². The molecule has 0 spiro atoms. The molecule has 0 unspecified atom stereocenters. The molecule has 180 valence electrons. The monoisotopic (exact) mass is 500 g/mol. The Morgan fingerprint density at radius 1 is 1.09 bits per heavy atom. The van der Waals surface area contributed by atoms with Gasteiger partial charge in [-0.25, -0.2) is 13.4 Å². The lowest BCUT2D eigenvalue weighted by molar-refractivity contribution is -0.117. The van der Waals surface area contributed by atoms with Gasteiger partial charge in [0.05, 0.1) is 10.1 Å². The number of sulfone groups is 1. The normalized spacial score (nSPS) is 20.7. The van der Waals surface area contributed by atoms with Crippen LogP contribution < -0.4 is 5.32 Å². The van der Waals surface area contributed by atoms with Crippen molar-refractivity contribution in [1.82, 2.24) is 4.98 Å². The van der Waals surface area contributed by atoms with Crippen molar-refractivity contribution in [1.29, 1.82) is 0 Å². The number of anilines is 1. The molecule has 1 aromatic heterocycles. The summed E-state index contributed by atoms with van der Waals surface area (Å²) in [6.07, 6.45) is 8.64. The van der Waals surface area contributed by atoms with Gasteiger partial charge in [0.25, 0.3) is 5.91 Å². The standard InChI is InChI=1S/C26H28N2O4S.ClH/c1-16-2-11-25(27-15-16)28-26(30)23(13-17-3-7-20(29)12-17)19-6-10-24(22(14-19)18-4-5-18)33(31,32)21-8-9-21;/h2,6,10-11,13-15,17-18,21H,3-5,7-9,12H2,1H3,(H,27,28,30);1H/b23-13+;/t17-;/m0./s1. The maximum Gasteiger partial charge on any atom is 0.257 e. The topological polar surface area (TPSA) is 93.2 Å².